The molecule has 1 aromatic heterocycles. The zero-order valence-electron chi connectivity index (χ0n) is 13.7. The summed E-state index contributed by atoms with van der Waals surface area (Å²) in [6, 6.07) is 6.65. The first-order valence-corrected chi connectivity index (χ1v) is 8.06. The summed E-state index contributed by atoms with van der Waals surface area (Å²) in [7, 11) is 6.12. The summed E-state index contributed by atoms with van der Waals surface area (Å²) in [5.74, 6) is 1.17. The molecule has 1 N–H and O–H groups in total. The van der Waals surface area contributed by atoms with E-state index in [9.17, 15) is 0 Å². The molecule has 22 heavy (non-hydrogen) atoms. The third-order valence-corrected chi connectivity index (χ3v) is 4.68. The van der Waals surface area contributed by atoms with E-state index in [-0.39, 0.29) is 0 Å². The third kappa shape index (κ3) is 2.73. The Morgan fingerprint density at radius 2 is 2.18 bits per heavy atom. The molecule has 0 unspecified atom stereocenters. The van der Waals surface area contributed by atoms with Crippen LogP contribution in [0.5, 0.6) is 0 Å². The number of nitrogens with zero attached hydrogens (tertiary/aromatic N) is 3. The zero-order chi connectivity index (χ0) is 15.9. The van der Waals surface area contributed by atoms with Gasteiger partial charge < -0.3 is 10.2 Å². The topological polar surface area (TPSA) is 33.1 Å². The first-order valence-electron chi connectivity index (χ1n) is 7.69. The lowest BCUT2D eigenvalue weighted by molar-refractivity contribution is 0.529. The Balaban J connectivity index is 1.78. The molecule has 0 amide bonds. The summed E-state index contributed by atoms with van der Waals surface area (Å²) in [5, 5.41) is 9.08. The Morgan fingerprint density at radius 1 is 1.41 bits per heavy atom. The molecule has 0 saturated heterocycles. The Hall–Kier alpha value is -1.52. The van der Waals surface area contributed by atoms with Crippen LogP contribution in [0.15, 0.2) is 18.2 Å². The van der Waals surface area contributed by atoms with E-state index in [0.717, 1.165) is 30.1 Å². The lowest BCUT2D eigenvalue weighted by Gasteiger charge is -2.18. The monoisotopic (exact) mass is 318 g/mol. The van der Waals surface area contributed by atoms with Gasteiger partial charge in [0.1, 0.15) is 5.82 Å². The predicted octanol–water partition coefficient (Wildman–Crippen LogP) is 3.23. The van der Waals surface area contributed by atoms with Crippen LogP contribution in [0.4, 0.5) is 5.82 Å². The SMILES string of the molecule is Cc1nn(C)c(N(C)C)c1CN[C@H]1CCc2cc(Cl)ccc21. The highest BCUT2D eigenvalue weighted by Crippen LogP contribution is 2.33. The van der Waals surface area contributed by atoms with Crippen LogP contribution in [0.1, 0.15) is 34.8 Å². The Bertz CT molecular complexity index is 690. The van der Waals surface area contributed by atoms with E-state index >= 15 is 0 Å². The summed E-state index contributed by atoms with van der Waals surface area (Å²) in [6.07, 6.45) is 2.23. The van der Waals surface area contributed by atoms with Crippen LogP contribution in [-0.4, -0.2) is 23.9 Å². The standard InChI is InChI=1S/C17H23ClN4/c1-11-15(17(21(2)3)22(4)20-11)10-19-16-8-5-12-9-13(18)6-7-14(12)16/h6-7,9,16,19H,5,8,10H2,1-4H3/t16-/m0/s1. The molecule has 2 aromatic rings. The van der Waals surface area contributed by atoms with Crippen molar-refractivity contribution in [2.75, 3.05) is 19.0 Å². The van der Waals surface area contributed by atoms with Crippen molar-refractivity contribution >= 4 is 17.4 Å². The number of rotatable bonds is 4. The molecule has 0 aliphatic heterocycles. The van der Waals surface area contributed by atoms with Crippen molar-refractivity contribution < 1.29 is 0 Å². The highest BCUT2D eigenvalue weighted by molar-refractivity contribution is 6.30. The third-order valence-electron chi connectivity index (χ3n) is 4.44. The van der Waals surface area contributed by atoms with Crippen LogP contribution in [0.25, 0.3) is 0 Å². The van der Waals surface area contributed by atoms with Gasteiger partial charge >= 0.3 is 0 Å². The Kier molecular flexibility index (Phi) is 4.15. The second kappa shape index (κ2) is 5.94. The van der Waals surface area contributed by atoms with Gasteiger partial charge in [0.05, 0.1) is 5.69 Å². The molecule has 4 nitrogen and oxygen atoms in total. The minimum absolute atomic E-state index is 0.405. The van der Waals surface area contributed by atoms with Crippen molar-refractivity contribution in [3.63, 3.8) is 0 Å². The summed E-state index contributed by atoms with van der Waals surface area (Å²) in [6.45, 7) is 2.91. The summed E-state index contributed by atoms with van der Waals surface area (Å²) in [4.78, 5) is 2.12. The van der Waals surface area contributed by atoms with Crippen LogP contribution >= 0.6 is 11.6 Å². The molecule has 0 saturated carbocycles. The van der Waals surface area contributed by atoms with Gasteiger partial charge in [-0.3, -0.25) is 4.68 Å². The molecule has 0 radical (unpaired) electrons. The van der Waals surface area contributed by atoms with Crippen LogP contribution in [0.2, 0.25) is 5.02 Å². The van der Waals surface area contributed by atoms with Crippen molar-refractivity contribution in [1.29, 1.82) is 0 Å². The van der Waals surface area contributed by atoms with E-state index in [1.807, 2.05) is 17.8 Å². The average Bonchev–Trinajstić information content (AvgIpc) is 2.96. The van der Waals surface area contributed by atoms with Crippen LogP contribution in [0, 0.1) is 6.92 Å². The maximum Gasteiger partial charge on any atom is 0.130 e. The lowest BCUT2D eigenvalue weighted by Crippen LogP contribution is -2.21. The molecule has 0 fully saturated rings. The minimum atomic E-state index is 0.405. The van der Waals surface area contributed by atoms with Crippen LogP contribution in [0.3, 0.4) is 0 Å². The van der Waals surface area contributed by atoms with Gasteiger partial charge in [-0.25, -0.2) is 0 Å². The van der Waals surface area contributed by atoms with Crippen molar-refractivity contribution in [3.8, 4) is 0 Å². The van der Waals surface area contributed by atoms with Gasteiger partial charge in [0.25, 0.3) is 0 Å². The van der Waals surface area contributed by atoms with Gasteiger partial charge in [0, 0.05) is 44.3 Å². The van der Waals surface area contributed by atoms with E-state index < -0.39 is 0 Å². The van der Waals surface area contributed by atoms with Crippen molar-refractivity contribution in [3.05, 3.63) is 45.6 Å². The molecule has 0 bridgehead atoms. The summed E-state index contributed by atoms with van der Waals surface area (Å²) in [5.41, 5.74) is 5.13. The Labute approximate surface area is 137 Å². The molecule has 1 aromatic carbocycles. The number of fused-ring (bicyclic) bond motifs is 1. The highest BCUT2D eigenvalue weighted by Gasteiger charge is 2.23. The highest BCUT2D eigenvalue weighted by atomic mass is 35.5. The molecule has 1 aliphatic carbocycles. The fourth-order valence-electron chi connectivity index (χ4n) is 3.48. The number of hydrogen-bond donors (Lipinski definition) is 1. The van der Waals surface area contributed by atoms with Gasteiger partial charge in [-0.1, -0.05) is 17.7 Å². The molecule has 3 rings (SSSR count). The smallest absolute Gasteiger partial charge is 0.130 e. The van der Waals surface area contributed by atoms with Gasteiger partial charge in [0.15, 0.2) is 0 Å². The van der Waals surface area contributed by atoms with Crippen molar-refractivity contribution in [2.45, 2.75) is 32.4 Å². The van der Waals surface area contributed by atoms with Crippen LogP contribution < -0.4 is 10.2 Å². The second-order valence-electron chi connectivity index (χ2n) is 6.22. The quantitative estimate of drug-likeness (QED) is 0.939. The minimum Gasteiger partial charge on any atom is -0.363 e. The second-order valence-corrected chi connectivity index (χ2v) is 6.66. The number of anilines is 1. The molecule has 1 heterocycles. The van der Waals surface area contributed by atoms with Gasteiger partial charge in [-0.15, -0.1) is 0 Å². The van der Waals surface area contributed by atoms with Gasteiger partial charge in [0.2, 0.25) is 0 Å². The molecule has 5 heteroatoms. The normalized spacial score (nSPS) is 16.9. The molecule has 1 atom stereocenters. The maximum absolute atomic E-state index is 6.09. The largest absolute Gasteiger partial charge is 0.363 e. The number of aryl methyl sites for hydroxylation is 3. The number of aromatic nitrogens is 2. The Morgan fingerprint density at radius 3 is 2.91 bits per heavy atom. The predicted molar refractivity (Wildman–Crippen MR) is 91.6 cm³/mol. The summed E-state index contributed by atoms with van der Waals surface area (Å²) < 4.78 is 1.95. The number of nitrogens with one attached hydrogen (secondary N) is 1. The summed E-state index contributed by atoms with van der Waals surface area (Å²) >= 11 is 6.09. The van der Waals surface area contributed by atoms with E-state index in [4.69, 9.17) is 11.6 Å². The lowest BCUT2D eigenvalue weighted by atomic mass is 10.1. The van der Waals surface area contributed by atoms with Crippen LogP contribution in [-0.2, 0) is 20.0 Å². The van der Waals surface area contributed by atoms with E-state index in [0.29, 0.717) is 6.04 Å². The molecule has 118 valence electrons. The fourth-order valence-corrected chi connectivity index (χ4v) is 3.67. The number of benzene rings is 1. The first kappa shape index (κ1) is 15.4. The fraction of sp³-hybridized carbons (Fsp3) is 0.471. The average molecular weight is 319 g/mol. The first-order chi connectivity index (χ1) is 10.5. The molecule has 0 spiro atoms. The molecule has 1 aliphatic rings. The zero-order valence-corrected chi connectivity index (χ0v) is 14.4. The van der Waals surface area contributed by atoms with Gasteiger partial charge in [-0.2, -0.15) is 5.10 Å². The van der Waals surface area contributed by atoms with E-state index in [1.165, 1.54) is 22.5 Å². The van der Waals surface area contributed by atoms with Gasteiger partial charge in [-0.05, 0) is 43.0 Å². The van der Waals surface area contributed by atoms with Crippen molar-refractivity contribution in [1.82, 2.24) is 15.1 Å². The van der Waals surface area contributed by atoms with E-state index in [1.54, 1.807) is 0 Å². The maximum atomic E-state index is 6.09. The molecular formula is C17H23ClN4. The number of halogens is 1. The van der Waals surface area contributed by atoms with E-state index in [2.05, 4.69) is 48.5 Å². The number of hydrogen-bond acceptors (Lipinski definition) is 3. The molecular weight excluding hydrogens is 296 g/mol. The van der Waals surface area contributed by atoms with Crippen molar-refractivity contribution in [2.24, 2.45) is 7.05 Å².